The number of hydrogen-bond donors (Lipinski definition) is 1. The van der Waals surface area contributed by atoms with Gasteiger partial charge in [0.1, 0.15) is 5.65 Å². The van der Waals surface area contributed by atoms with E-state index in [-0.39, 0.29) is 22.2 Å². The van der Waals surface area contributed by atoms with Gasteiger partial charge in [-0.25, -0.2) is 4.79 Å². The van der Waals surface area contributed by atoms with Crippen molar-refractivity contribution >= 4 is 22.4 Å². The molecule has 0 saturated carbocycles. The quantitative estimate of drug-likeness (QED) is 0.384. The van der Waals surface area contributed by atoms with Gasteiger partial charge in [-0.3, -0.25) is 9.20 Å². The molecule has 0 aliphatic carbocycles. The summed E-state index contributed by atoms with van der Waals surface area (Å²) in [5.74, 6) is -6.22. The highest BCUT2D eigenvalue weighted by Gasteiger charge is 2.41. The second-order valence-corrected chi connectivity index (χ2v) is 8.16. The van der Waals surface area contributed by atoms with Crippen molar-refractivity contribution in [3.63, 3.8) is 0 Å². The molecule has 1 N–H and O–H groups in total. The number of aryl methyl sites for hydroxylation is 1. The van der Waals surface area contributed by atoms with Crippen LogP contribution >= 0.6 is 0 Å². The lowest BCUT2D eigenvalue weighted by Gasteiger charge is -2.16. The standard InChI is InChI=1S/C27H20F2N2O3/c1-30-22(17-10-4-2-5-11-17)23(18-12-6-3-7-13-18)31-24(30)21(16-27(28,29)26(33)34)19-14-8-9-15-20(19)25(31)32/h2-15H,16H2,1H3,(H,33,34). The summed E-state index contributed by atoms with van der Waals surface area (Å²) in [6, 6.07) is 25.1. The molecule has 0 fully saturated rings. The first kappa shape index (κ1) is 21.6. The summed E-state index contributed by atoms with van der Waals surface area (Å²) >= 11 is 0. The molecule has 2 aromatic heterocycles. The number of hydrogen-bond acceptors (Lipinski definition) is 2. The Bertz CT molecular complexity index is 1600. The van der Waals surface area contributed by atoms with Gasteiger partial charge in [0.05, 0.1) is 17.8 Å². The molecule has 3 aromatic carbocycles. The third-order valence-corrected chi connectivity index (χ3v) is 6.07. The molecular formula is C27H20F2N2O3. The van der Waals surface area contributed by atoms with E-state index in [2.05, 4.69) is 0 Å². The van der Waals surface area contributed by atoms with Gasteiger partial charge in [-0.1, -0.05) is 78.9 Å². The van der Waals surface area contributed by atoms with Crippen LogP contribution in [0.4, 0.5) is 8.78 Å². The fourth-order valence-corrected chi connectivity index (χ4v) is 4.60. The topological polar surface area (TPSA) is 63.7 Å². The minimum absolute atomic E-state index is 0.101. The molecular weight excluding hydrogens is 438 g/mol. The van der Waals surface area contributed by atoms with Gasteiger partial charge in [0.15, 0.2) is 0 Å². The normalized spacial score (nSPS) is 11.9. The third kappa shape index (κ3) is 3.28. The van der Waals surface area contributed by atoms with E-state index in [4.69, 9.17) is 5.11 Å². The van der Waals surface area contributed by atoms with Crippen molar-refractivity contribution in [2.45, 2.75) is 12.3 Å². The Hall–Kier alpha value is -4.26. The summed E-state index contributed by atoms with van der Waals surface area (Å²) in [6.07, 6.45) is -1.05. The lowest BCUT2D eigenvalue weighted by molar-refractivity contribution is -0.164. The second-order valence-electron chi connectivity index (χ2n) is 8.16. The Balaban J connectivity index is 2.03. The Morgan fingerprint density at radius 2 is 1.32 bits per heavy atom. The smallest absolute Gasteiger partial charge is 0.374 e. The van der Waals surface area contributed by atoms with Gasteiger partial charge in [-0.05, 0) is 11.5 Å². The van der Waals surface area contributed by atoms with Crippen molar-refractivity contribution in [1.82, 2.24) is 8.97 Å². The second kappa shape index (κ2) is 7.95. The van der Waals surface area contributed by atoms with E-state index in [0.717, 1.165) is 11.1 Å². The summed E-state index contributed by atoms with van der Waals surface area (Å²) in [4.78, 5) is 25.1. The largest absolute Gasteiger partial charge is 0.477 e. The summed E-state index contributed by atoms with van der Waals surface area (Å²) in [5, 5.41) is 9.72. The SMILES string of the molecule is Cn1c(-c2ccccc2)c(-c2ccccc2)n2c(=O)c3ccccc3c(CC(F)(F)C(=O)O)c12. The molecule has 5 nitrogen and oxygen atoms in total. The van der Waals surface area contributed by atoms with Gasteiger partial charge in [-0.15, -0.1) is 0 Å². The van der Waals surface area contributed by atoms with Crippen LogP contribution < -0.4 is 5.56 Å². The molecule has 0 atom stereocenters. The van der Waals surface area contributed by atoms with Crippen molar-refractivity contribution in [2.24, 2.45) is 7.05 Å². The molecule has 0 radical (unpaired) electrons. The molecule has 0 aliphatic heterocycles. The van der Waals surface area contributed by atoms with Crippen LogP contribution in [0.2, 0.25) is 0 Å². The van der Waals surface area contributed by atoms with Gasteiger partial charge in [0.2, 0.25) is 0 Å². The maximum absolute atomic E-state index is 14.6. The maximum Gasteiger partial charge on any atom is 0.374 e. The average Bonchev–Trinajstić information content (AvgIpc) is 3.16. The first-order chi connectivity index (χ1) is 16.3. The lowest BCUT2D eigenvalue weighted by atomic mass is 10.0. The summed E-state index contributed by atoms with van der Waals surface area (Å²) < 4.78 is 32.3. The molecule has 0 bridgehead atoms. The fourth-order valence-electron chi connectivity index (χ4n) is 4.60. The number of carboxylic acid groups (broad SMARTS) is 1. The Labute approximate surface area is 193 Å². The number of pyridine rings is 1. The average molecular weight is 458 g/mol. The van der Waals surface area contributed by atoms with Gasteiger partial charge in [0.25, 0.3) is 5.56 Å². The van der Waals surface area contributed by atoms with Gasteiger partial charge in [-0.2, -0.15) is 8.78 Å². The first-order valence-corrected chi connectivity index (χ1v) is 10.7. The number of fused-ring (bicyclic) bond motifs is 2. The molecule has 0 spiro atoms. The highest BCUT2D eigenvalue weighted by Crippen LogP contribution is 2.38. The molecule has 0 amide bonds. The van der Waals surface area contributed by atoms with E-state index < -0.39 is 18.3 Å². The molecule has 7 heteroatoms. The molecule has 0 aliphatic rings. The van der Waals surface area contributed by atoms with Crippen LogP contribution in [0.1, 0.15) is 5.56 Å². The first-order valence-electron chi connectivity index (χ1n) is 10.7. The van der Waals surface area contributed by atoms with E-state index >= 15 is 0 Å². The zero-order valence-corrected chi connectivity index (χ0v) is 18.2. The molecule has 0 saturated heterocycles. The fraction of sp³-hybridized carbons (Fsp3) is 0.111. The number of nitrogens with zero attached hydrogens (tertiary/aromatic N) is 2. The van der Waals surface area contributed by atoms with Gasteiger partial charge < -0.3 is 9.67 Å². The minimum Gasteiger partial charge on any atom is -0.477 e. The number of aromatic nitrogens is 2. The predicted octanol–water partition coefficient (Wildman–Crippen LogP) is 5.39. The number of halogens is 2. The number of rotatable bonds is 5. The highest BCUT2D eigenvalue weighted by atomic mass is 19.3. The summed E-state index contributed by atoms with van der Waals surface area (Å²) in [7, 11) is 1.71. The zero-order chi connectivity index (χ0) is 24.0. The van der Waals surface area contributed by atoms with Crippen LogP contribution in [0.3, 0.4) is 0 Å². The number of benzene rings is 3. The van der Waals surface area contributed by atoms with Crippen LogP contribution in [-0.4, -0.2) is 26.0 Å². The van der Waals surface area contributed by atoms with Gasteiger partial charge >= 0.3 is 11.9 Å². The Morgan fingerprint density at radius 3 is 1.88 bits per heavy atom. The maximum atomic E-state index is 14.6. The van der Waals surface area contributed by atoms with Crippen LogP contribution in [0, 0.1) is 0 Å². The van der Waals surface area contributed by atoms with E-state index in [1.54, 1.807) is 35.9 Å². The zero-order valence-electron chi connectivity index (χ0n) is 18.2. The molecule has 5 rings (SSSR count). The van der Waals surface area contributed by atoms with Crippen molar-refractivity contribution in [3.05, 3.63) is 101 Å². The van der Waals surface area contributed by atoms with Crippen molar-refractivity contribution < 1.29 is 18.7 Å². The summed E-state index contributed by atoms with van der Waals surface area (Å²) in [6.45, 7) is 0. The van der Waals surface area contributed by atoms with Crippen LogP contribution in [-0.2, 0) is 18.3 Å². The predicted molar refractivity (Wildman–Crippen MR) is 127 cm³/mol. The monoisotopic (exact) mass is 458 g/mol. The number of aliphatic carboxylic acids is 1. The van der Waals surface area contributed by atoms with Crippen LogP contribution in [0.25, 0.3) is 38.9 Å². The van der Waals surface area contributed by atoms with Crippen molar-refractivity contribution in [1.29, 1.82) is 0 Å². The molecule has 5 aromatic rings. The van der Waals surface area contributed by atoms with Crippen LogP contribution in [0.5, 0.6) is 0 Å². The Kier molecular flexibility index (Phi) is 5.05. The Morgan fingerprint density at radius 1 is 0.824 bits per heavy atom. The molecule has 34 heavy (non-hydrogen) atoms. The number of carboxylic acids is 1. The van der Waals surface area contributed by atoms with E-state index in [1.165, 1.54) is 4.40 Å². The third-order valence-electron chi connectivity index (χ3n) is 6.07. The molecule has 2 heterocycles. The lowest BCUT2D eigenvalue weighted by Crippen LogP contribution is -2.31. The minimum atomic E-state index is -4.01. The number of imidazole rings is 1. The van der Waals surface area contributed by atoms with Crippen molar-refractivity contribution in [3.8, 4) is 22.5 Å². The van der Waals surface area contributed by atoms with E-state index in [9.17, 15) is 18.4 Å². The van der Waals surface area contributed by atoms with Crippen molar-refractivity contribution in [2.75, 3.05) is 0 Å². The highest BCUT2D eigenvalue weighted by molar-refractivity contribution is 5.94. The summed E-state index contributed by atoms with van der Waals surface area (Å²) in [5.41, 5.74) is 2.74. The molecule has 170 valence electrons. The van der Waals surface area contributed by atoms with Crippen LogP contribution in [0.15, 0.2) is 89.7 Å². The number of carbonyl (C=O) groups is 1. The van der Waals surface area contributed by atoms with E-state index in [1.807, 2.05) is 60.7 Å². The van der Waals surface area contributed by atoms with E-state index in [0.29, 0.717) is 16.8 Å². The molecule has 0 unspecified atom stereocenters. The van der Waals surface area contributed by atoms with Gasteiger partial charge in [0, 0.05) is 29.1 Å². The number of alkyl halides is 2.